The number of halogens is 2. The van der Waals surface area contributed by atoms with Gasteiger partial charge in [-0.25, -0.2) is 9.38 Å². The molecule has 1 rings (SSSR count). The van der Waals surface area contributed by atoms with E-state index < -0.39 is 0 Å². The lowest BCUT2D eigenvalue weighted by Crippen LogP contribution is -2.42. The van der Waals surface area contributed by atoms with Crippen molar-refractivity contribution < 1.29 is 9.50 Å². The molecule has 1 aromatic carbocycles. The van der Waals surface area contributed by atoms with Crippen LogP contribution in [-0.2, 0) is 13.2 Å². The highest BCUT2D eigenvalue weighted by molar-refractivity contribution is 14.0. The third-order valence-electron chi connectivity index (χ3n) is 4.43. The number of nitrogens with one attached hydrogen (secondary N) is 2. The highest BCUT2D eigenvalue weighted by atomic mass is 127. The van der Waals surface area contributed by atoms with Gasteiger partial charge in [-0.2, -0.15) is 0 Å². The maximum absolute atomic E-state index is 13.5. The van der Waals surface area contributed by atoms with Crippen LogP contribution in [0.3, 0.4) is 0 Å². The minimum atomic E-state index is -0.382. The first-order chi connectivity index (χ1) is 12.5. The Kier molecular flexibility index (Phi) is 14.5. The van der Waals surface area contributed by atoms with E-state index in [2.05, 4.69) is 41.3 Å². The van der Waals surface area contributed by atoms with Crippen molar-refractivity contribution in [3.63, 3.8) is 0 Å². The van der Waals surface area contributed by atoms with E-state index in [1.807, 2.05) is 6.92 Å². The van der Waals surface area contributed by atoms with Gasteiger partial charge in [0.15, 0.2) is 5.96 Å². The van der Waals surface area contributed by atoms with Crippen molar-refractivity contribution in [2.24, 2.45) is 4.99 Å². The molecule has 1 unspecified atom stereocenters. The number of rotatable bonds is 11. The summed E-state index contributed by atoms with van der Waals surface area (Å²) in [5.74, 6) is 0.379. The van der Waals surface area contributed by atoms with Crippen LogP contribution in [0.4, 0.5) is 4.39 Å². The van der Waals surface area contributed by atoms with Crippen molar-refractivity contribution in [1.82, 2.24) is 15.5 Å². The zero-order valence-corrected chi connectivity index (χ0v) is 19.4. The summed E-state index contributed by atoms with van der Waals surface area (Å²) in [5, 5.41) is 15.9. The Morgan fingerprint density at radius 3 is 2.56 bits per heavy atom. The quantitative estimate of drug-likeness (QED) is 0.251. The lowest BCUT2D eigenvalue weighted by molar-refractivity contribution is 0.275. The number of aliphatic hydroxyl groups excluding tert-OH is 1. The Balaban J connectivity index is 0.00000676. The van der Waals surface area contributed by atoms with Gasteiger partial charge in [0.1, 0.15) is 5.82 Å². The van der Waals surface area contributed by atoms with Crippen LogP contribution >= 0.6 is 24.0 Å². The van der Waals surface area contributed by atoms with Crippen molar-refractivity contribution in [3.05, 3.63) is 35.1 Å². The molecule has 0 saturated carbocycles. The fourth-order valence-corrected chi connectivity index (χ4v) is 2.80. The number of nitrogens with zero attached hydrogens (tertiary/aromatic N) is 2. The van der Waals surface area contributed by atoms with Gasteiger partial charge in [0.25, 0.3) is 0 Å². The van der Waals surface area contributed by atoms with Crippen LogP contribution in [0.25, 0.3) is 0 Å². The van der Waals surface area contributed by atoms with E-state index in [0.717, 1.165) is 50.5 Å². The molecule has 1 aromatic rings. The van der Waals surface area contributed by atoms with Crippen molar-refractivity contribution in [2.75, 3.05) is 26.2 Å². The highest BCUT2D eigenvalue weighted by Gasteiger charge is 2.07. The van der Waals surface area contributed by atoms with Gasteiger partial charge in [0, 0.05) is 18.2 Å². The summed E-state index contributed by atoms with van der Waals surface area (Å²) in [4.78, 5) is 7.01. The minimum Gasteiger partial charge on any atom is -0.392 e. The Morgan fingerprint density at radius 2 is 1.96 bits per heavy atom. The molecule has 0 saturated heterocycles. The minimum absolute atomic E-state index is 0. The number of guanidine groups is 1. The van der Waals surface area contributed by atoms with Gasteiger partial charge in [0.2, 0.25) is 0 Å². The van der Waals surface area contributed by atoms with Crippen molar-refractivity contribution >= 4 is 29.9 Å². The van der Waals surface area contributed by atoms with E-state index in [9.17, 15) is 9.50 Å². The molecular weight excluding hydrogens is 458 g/mol. The lowest BCUT2D eigenvalue weighted by atomic mass is 10.1. The second kappa shape index (κ2) is 15.0. The van der Waals surface area contributed by atoms with Gasteiger partial charge in [-0.05, 0) is 64.0 Å². The fourth-order valence-electron chi connectivity index (χ4n) is 2.80. The zero-order chi connectivity index (χ0) is 19.4. The predicted molar refractivity (Wildman–Crippen MR) is 122 cm³/mol. The van der Waals surface area contributed by atoms with Crippen LogP contribution in [0.5, 0.6) is 0 Å². The van der Waals surface area contributed by atoms with Crippen LogP contribution in [0.1, 0.15) is 51.7 Å². The maximum atomic E-state index is 13.5. The van der Waals surface area contributed by atoms with E-state index >= 15 is 0 Å². The number of benzene rings is 1. The fraction of sp³-hybridized carbons (Fsp3) is 0.650. The van der Waals surface area contributed by atoms with E-state index in [1.54, 1.807) is 12.1 Å². The molecule has 0 aliphatic rings. The topological polar surface area (TPSA) is 59.9 Å². The molecule has 0 fully saturated rings. The number of aliphatic imine (C=N–C) groups is 1. The van der Waals surface area contributed by atoms with Crippen LogP contribution < -0.4 is 10.6 Å². The summed E-state index contributed by atoms with van der Waals surface area (Å²) in [5.41, 5.74) is 1.18. The first kappa shape index (κ1) is 26.1. The molecule has 3 N–H and O–H groups in total. The van der Waals surface area contributed by atoms with Crippen molar-refractivity contribution in [3.8, 4) is 0 Å². The van der Waals surface area contributed by atoms with E-state index in [0.29, 0.717) is 18.2 Å². The number of hydrogen-bond donors (Lipinski definition) is 3. The molecule has 5 nitrogen and oxygen atoms in total. The second-order valence-electron chi connectivity index (χ2n) is 6.49. The Hall–Kier alpha value is -0.930. The molecule has 1 atom stereocenters. The predicted octanol–water partition coefficient (Wildman–Crippen LogP) is 3.50. The standard InChI is InChI=1S/C20H35FN4O.HI/c1-5-22-20(24-16(4)9-8-12-25(6-2)7-3)23-14-17-10-11-19(21)18(13-17)15-26;/h10-11,13,16,26H,5-9,12,14-15H2,1-4H3,(H2,22,23,24);1H. The van der Waals surface area contributed by atoms with E-state index in [1.165, 1.54) is 6.07 Å². The molecule has 0 aromatic heterocycles. The zero-order valence-electron chi connectivity index (χ0n) is 17.1. The molecule has 0 spiro atoms. The SMILES string of the molecule is CCNC(=NCc1ccc(F)c(CO)c1)NC(C)CCCN(CC)CC.I. The normalized spacial score (nSPS) is 12.6. The number of hydrogen-bond acceptors (Lipinski definition) is 3. The summed E-state index contributed by atoms with van der Waals surface area (Å²) in [6.07, 6.45) is 2.22. The summed E-state index contributed by atoms with van der Waals surface area (Å²) in [6.45, 7) is 12.8. The molecule has 27 heavy (non-hydrogen) atoms. The van der Waals surface area contributed by atoms with Crippen molar-refractivity contribution in [2.45, 2.75) is 59.7 Å². The molecule has 0 radical (unpaired) electrons. The Morgan fingerprint density at radius 1 is 1.26 bits per heavy atom. The Labute approximate surface area is 180 Å². The summed E-state index contributed by atoms with van der Waals surface area (Å²) >= 11 is 0. The first-order valence-electron chi connectivity index (χ1n) is 9.69. The van der Waals surface area contributed by atoms with Crippen LogP contribution in [0.2, 0.25) is 0 Å². The van der Waals surface area contributed by atoms with E-state index in [4.69, 9.17) is 0 Å². The summed E-state index contributed by atoms with van der Waals surface area (Å²) in [7, 11) is 0. The lowest BCUT2D eigenvalue weighted by Gasteiger charge is -2.21. The van der Waals surface area contributed by atoms with Crippen LogP contribution in [-0.4, -0.2) is 48.2 Å². The number of aliphatic hydroxyl groups is 1. The first-order valence-corrected chi connectivity index (χ1v) is 9.69. The molecule has 0 aliphatic heterocycles. The smallest absolute Gasteiger partial charge is 0.191 e. The van der Waals surface area contributed by atoms with Gasteiger partial charge in [-0.15, -0.1) is 24.0 Å². The van der Waals surface area contributed by atoms with Crippen LogP contribution in [0.15, 0.2) is 23.2 Å². The average Bonchev–Trinajstić information content (AvgIpc) is 2.64. The third kappa shape index (κ3) is 10.3. The van der Waals surface area contributed by atoms with Gasteiger partial charge in [0.05, 0.1) is 13.2 Å². The Bertz CT molecular complexity index is 553. The molecule has 7 heteroatoms. The molecule has 0 bridgehead atoms. The largest absolute Gasteiger partial charge is 0.392 e. The maximum Gasteiger partial charge on any atom is 0.191 e. The average molecular weight is 494 g/mol. The van der Waals surface area contributed by atoms with Crippen LogP contribution in [0, 0.1) is 5.82 Å². The molecular formula is C20H36FIN4O. The summed E-state index contributed by atoms with van der Waals surface area (Å²) in [6, 6.07) is 5.07. The van der Waals surface area contributed by atoms with Gasteiger partial charge >= 0.3 is 0 Å². The highest BCUT2D eigenvalue weighted by Crippen LogP contribution is 2.11. The molecule has 0 heterocycles. The van der Waals surface area contributed by atoms with E-state index in [-0.39, 0.29) is 36.4 Å². The van der Waals surface area contributed by atoms with Gasteiger partial charge < -0.3 is 20.6 Å². The van der Waals surface area contributed by atoms with Gasteiger partial charge in [-0.1, -0.05) is 19.9 Å². The second-order valence-corrected chi connectivity index (χ2v) is 6.49. The van der Waals surface area contributed by atoms with Crippen molar-refractivity contribution in [1.29, 1.82) is 0 Å². The monoisotopic (exact) mass is 494 g/mol. The summed E-state index contributed by atoms with van der Waals surface area (Å²) < 4.78 is 13.5. The van der Waals surface area contributed by atoms with Gasteiger partial charge in [-0.3, -0.25) is 0 Å². The third-order valence-corrected chi connectivity index (χ3v) is 4.43. The molecule has 0 amide bonds. The molecule has 0 aliphatic carbocycles. The molecule has 156 valence electrons.